The summed E-state index contributed by atoms with van der Waals surface area (Å²) in [5.41, 5.74) is 1.14. The summed E-state index contributed by atoms with van der Waals surface area (Å²) in [4.78, 5) is 28.2. The number of para-hydroxylation sites is 2. The van der Waals surface area contributed by atoms with E-state index in [-0.39, 0.29) is 43.8 Å². The summed E-state index contributed by atoms with van der Waals surface area (Å²) in [6.07, 6.45) is 2.63. The Morgan fingerprint density at radius 3 is 2.30 bits per heavy atom. The fraction of sp³-hybridized carbons (Fsp3) is 0.481. The van der Waals surface area contributed by atoms with Crippen LogP contribution in [0.15, 0.2) is 48.5 Å². The van der Waals surface area contributed by atoms with Crippen molar-refractivity contribution in [3.8, 4) is 5.75 Å². The fourth-order valence-corrected chi connectivity index (χ4v) is 5.15. The first-order valence-corrected chi connectivity index (χ1v) is 14.7. The van der Waals surface area contributed by atoms with Crippen LogP contribution in [0.2, 0.25) is 5.02 Å². The molecule has 0 spiro atoms. The van der Waals surface area contributed by atoms with Gasteiger partial charge in [-0.25, -0.2) is 8.42 Å². The van der Waals surface area contributed by atoms with Gasteiger partial charge in [0.05, 0.1) is 19.1 Å². The van der Waals surface area contributed by atoms with Gasteiger partial charge in [-0.2, -0.15) is 0 Å². The van der Waals surface area contributed by atoms with Crippen LogP contribution in [0.5, 0.6) is 5.75 Å². The predicted molar refractivity (Wildman–Crippen MR) is 148 cm³/mol. The van der Waals surface area contributed by atoms with E-state index in [0.29, 0.717) is 22.9 Å². The quantitative estimate of drug-likeness (QED) is 0.370. The third-order valence-corrected chi connectivity index (χ3v) is 7.74. The summed E-state index contributed by atoms with van der Waals surface area (Å²) in [7, 11) is -2.15. The molecule has 2 amide bonds. The van der Waals surface area contributed by atoms with Gasteiger partial charge in [-0.15, -0.1) is 0 Å². The number of rotatable bonds is 14. The lowest BCUT2D eigenvalue weighted by atomic mass is 10.1. The third-order valence-electron chi connectivity index (χ3n) is 6.19. The predicted octanol–water partition coefficient (Wildman–Crippen LogP) is 4.62. The van der Waals surface area contributed by atoms with Crippen molar-refractivity contribution >= 4 is 39.1 Å². The Morgan fingerprint density at radius 1 is 1.05 bits per heavy atom. The van der Waals surface area contributed by atoms with Crippen LogP contribution >= 0.6 is 11.6 Å². The smallest absolute Gasteiger partial charge is 0.243 e. The van der Waals surface area contributed by atoms with Crippen LogP contribution in [0, 0.1) is 0 Å². The molecule has 204 valence electrons. The van der Waals surface area contributed by atoms with E-state index in [2.05, 4.69) is 5.32 Å². The third kappa shape index (κ3) is 8.64. The maximum Gasteiger partial charge on any atom is 0.243 e. The molecular formula is C27H38ClN3O5S. The van der Waals surface area contributed by atoms with Crippen molar-refractivity contribution in [2.75, 3.05) is 24.2 Å². The van der Waals surface area contributed by atoms with Crippen molar-refractivity contribution in [1.29, 1.82) is 0 Å². The largest absolute Gasteiger partial charge is 0.495 e. The number of halogens is 1. The fourth-order valence-electron chi connectivity index (χ4n) is 3.99. The second-order valence-electron chi connectivity index (χ2n) is 8.97. The van der Waals surface area contributed by atoms with E-state index in [1.807, 2.05) is 39.0 Å². The first-order chi connectivity index (χ1) is 17.5. The van der Waals surface area contributed by atoms with E-state index in [9.17, 15) is 18.0 Å². The van der Waals surface area contributed by atoms with Gasteiger partial charge in [0.25, 0.3) is 0 Å². The lowest BCUT2D eigenvalue weighted by Gasteiger charge is -2.32. The zero-order valence-electron chi connectivity index (χ0n) is 22.2. The van der Waals surface area contributed by atoms with Gasteiger partial charge < -0.3 is 15.0 Å². The molecule has 1 N–H and O–H groups in total. The number of anilines is 1. The number of methoxy groups -OCH3 is 1. The molecule has 0 radical (unpaired) electrons. The molecule has 0 aromatic heterocycles. The molecule has 0 heterocycles. The van der Waals surface area contributed by atoms with Gasteiger partial charge in [0.2, 0.25) is 21.8 Å². The number of nitrogens with zero attached hydrogens (tertiary/aromatic N) is 2. The maximum absolute atomic E-state index is 13.5. The number of hydrogen-bond acceptors (Lipinski definition) is 5. The molecule has 0 saturated carbocycles. The molecule has 2 atom stereocenters. The van der Waals surface area contributed by atoms with E-state index >= 15 is 0 Å². The molecule has 2 rings (SSSR count). The highest BCUT2D eigenvalue weighted by atomic mass is 35.5. The number of nitrogens with one attached hydrogen (secondary N) is 1. The summed E-state index contributed by atoms with van der Waals surface area (Å²) < 4.78 is 31.7. The monoisotopic (exact) mass is 551 g/mol. The Hall–Kier alpha value is -2.78. The standard InChI is InChI=1S/C27H38ClN3O5S/c1-6-20(3)29-27(33)23(7-2)30(19-21-13-8-9-14-22(21)28)26(32)17-12-18-31(37(5,34)35)24-15-10-11-16-25(24)36-4/h8-11,13-16,20,23H,6-7,12,17-19H2,1-5H3,(H,29,33)/t20-,23-/m1/s1. The topological polar surface area (TPSA) is 96.0 Å². The first kappa shape index (κ1) is 30.4. The van der Waals surface area contributed by atoms with Crippen molar-refractivity contribution in [3.05, 3.63) is 59.1 Å². The van der Waals surface area contributed by atoms with Crippen LogP contribution in [0.25, 0.3) is 0 Å². The molecule has 0 aliphatic rings. The van der Waals surface area contributed by atoms with Gasteiger partial charge in [-0.3, -0.25) is 13.9 Å². The molecule has 0 bridgehead atoms. The second kappa shape index (κ2) is 14.2. The van der Waals surface area contributed by atoms with E-state index in [0.717, 1.165) is 18.2 Å². The van der Waals surface area contributed by atoms with Crippen LogP contribution in [0.3, 0.4) is 0 Å². The number of amides is 2. The summed E-state index contributed by atoms with van der Waals surface area (Å²) >= 11 is 6.38. The van der Waals surface area contributed by atoms with Gasteiger partial charge >= 0.3 is 0 Å². The van der Waals surface area contributed by atoms with E-state index < -0.39 is 16.1 Å². The van der Waals surface area contributed by atoms with Gasteiger partial charge in [-0.05, 0) is 49.9 Å². The Labute approximate surface area is 226 Å². The molecule has 37 heavy (non-hydrogen) atoms. The van der Waals surface area contributed by atoms with Crippen molar-refractivity contribution in [2.45, 2.75) is 65.1 Å². The highest BCUT2D eigenvalue weighted by molar-refractivity contribution is 7.92. The van der Waals surface area contributed by atoms with Crippen molar-refractivity contribution < 1.29 is 22.7 Å². The second-order valence-corrected chi connectivity index (χ2v) is 11.3. The lowest BCUT2D eigenvalue weighted by Crippen LogP contribution is -2.50. The molecular weight excluding hydrogens is 514 g/mol. The summed E-state index contributed by atoms with van der Waals surface area (Å²) in [5.74, 6) is -0.0454. The summed E-state index contributed by atoms with van der Waals surface area (Å²) in [6, 6.07) is 13.3. The molecule has 8 nitrogen and oxygen atoms in total. The van der Waals surface area contributed by atoms with Gasteiger partial charge in [0.15, 0.2) is 0 Å². The van der Waals surface area contributed by atoms with Crippen LogP contribution in [0.4, 0.5) is 5.69 Å². The highest BCUT2D eigenvalue weighted by Crippen LogP contribution is 2.30. The zero-order valence-corrected chi connectivity index (χ0v) is 23.8. The Kier molecular flexibility index (Phi) is 11.7. The SMILES string of the molecule is CC[C@@H](C)NC(=O)[C@@H](CC)N(Cc1ccccc1Cl)C(=O)CCCN(c1ccccc1OC)S(C)(=O)=O. The molecule has 0 unspecified atom stereocenters. The van der Waals surface area contributed by atoms with Gasteiger partial charge in [-0.1, -0.05) is 55.8 Å². The van der Waals surface area contributed by atoms with Gasteiger partial charge in [0.1, 0.15) is 11.8 Å². The number of ether oxygens (including phenoxy) is 1. The van der Waals surface area contributed by atoms with Crippen molar-refractivity contribution in [3.63, 3.8) is 0 Å². The summed E-state index contributed by atoms with van der Waals surface area (Å²) in [6.45, 7) is 6.02. The van der Waals surface area contributed by atoms with Crippen molar-refractivity contribution in [1.82, 2.24) is 10.2 Å². The summed E-state index contributed by atoms with van der Waals surface area (Å²) in [5, 5.41) is 3.49. The Morgan fingerprint density at radius 2 is 1.70 bits per heavy atom. The minimum absolute atomic E-state index is 0.0250. The van der Waals surface area contributed by atoms with E-state index in [1.165, 1.54) is 11.4 Å². The van der Waals surface area contributed by atoms with Crippen LogP contribution < -0.4 is 14.4 Å². The minimum Gasteiger partial charge on any atom is -0.495 e. The van der Waals surface area contributed by atoms with Crippen LogP contribution in [0.1, 0.15) is 52.0 Å². The first-order valence-electron chi connectivity index (χ1n) is 12.5. The van der Waals surface area contributed by atoms with Crippen LogP contribution in [-0.2, 0) is 26.2 Å². The molecule has 0 fully saturated rings. The highest BCUT2D eigenvalue weighted by Gasteiger charge is 2.30. The van der Waals surface area contributed by atoms with Gasteiger partial charge in [0, 0.05) is 30.6 Å². The maximum atomic E-state index is 13.5. The minimum atomic E-state index is -3.63. The number of hydrogen-bond donors (Lipinski definition) is 1. The molecule has 0 saturated heterocycles. The average molecular weight is 552 g/mol. The Balaban J connectivity index is 2.26. The van der Waals surface area contributed by atoms with Crippen molar-refractivity contribution in [2.24, 2.45) is 0 Å². The molecule has 0 aliphatic heterocycles. The van der Waals surface area contributed by atoms with E-state index in [4.69, 9.17) is 16.3 Å². The number of sulfonamides is 1. The molecule has 0 aliphatic carbocycles. The molecule has 2 aromatic carbocycles. The number of benzene rings is 2. The lowest BCUT2D eigenvalue weighted by molar-refractivity contribution is -0.141. The van der Waals surface area contributed by atoms with Crippen LogP contribution in [-0.4, -0.2) is 57.1 Å². The normalized spacial score (nSPS) is 12.9. The molecule has 10 heteroatoms. The zero-order chi connectivity index (χ0) is 27.6. The number of carbonyl (C=O) groups excluding carboxylic acids is 2. The Bertz CT molecular complexity index is 1160. The molecule has 2 aromatic rings. The average Bonchev–Trinajstić information content (AvgIpc) is 2.86. The number of carbonyl (C=O) groups is 2. The van der Waals surface area contributed by atoms with E-state index in [1.54, 1.807) is 35.2 Å².